The van der Waals surface area contributed by atoms with Crippen LogP contribution in [0.15, 0.2) is 24.3 Å². The van der Waals surface area contributed by atoms with E-state index in [1.54, 1.807) is 11.8 Å². The largest absolute Gasteiger partial charge is 0.481 e. The lowest BCUT2D eigenvalue weighted by Gasteiger charge is -2.10. The van der Waals surface area contributed by atoms with Gasteiger partial charge in [-0.25, -0.2) is 0 Å². The van der Waals surface area contributed by atoms with Gasteiger partial charge in [0.1, 0.15) is 5.78 Å². The molecule has 0 fully saturated rings. The Hall–Kier alpha value is -1.29. The molecule has 0 saturated heterocycles. The molecule has 0 heterocycles. The molecule has 0 aliphatic heterocycles. The summed E-state index contributed by atoms with van der Waals surface area (Å²) in [6.45, 7) is 1.99. The van der Waals surface area contributed by atoms with Crippen molar-refractivity contribution in [2.75, 3.05) is 12.0 Å². The SMILES string of the molecule is CSCCC(CC(=O)Cc1ccc(C)cc1)C(=O)O. The van der Waals surface area contributed by atoms with Gasteiger partial charge in [0.2, 0.25) is 0 Å². The number of hydrogen-bond acceptors (Lipinski definition) is 3. The molecule has 3 nitrogen and oxygen atoms in total. The van der Waals surface area contributed by atoms with E-state index in [1.807, 2.05) is 37.4 Å². The number of Topliss-reactive ketones (excluding diaryl/α,β-unsaturated/α-hetero) is 1. The number of thioether (sulfide) groups is 1. The Bertz CT molecular complexity index is 426. The van der Waals surface area contributed by atoms with E-state index < -0.39 is 11.9 Å². The van der Waals surface area contributed by atoms with Crippen LogP contribution in [0.1, 0.15) is 24.0 Å². The molecule has 1 unspecified atom stereocenters. The molecule has 1 atom stereocenters. The summed E-state index contributed by atoms with van der Waals surface area (Å²) in [6, 6.07) is 7.77. The molecule has 1 aromatic carbocycles. The number of rotatable bonds is 8. The maximum atomic E-state index is 11.9. The van der Waals surface area contributed by atoms with Crippen LogP contribution in [-0.4, -0.2) is 28.9 Å². The van der Waals surface area contributed by atoms with Gasteiger partial charge in [-0.2, -0.15) is 11.8 Å². The summed E-state index contributed by atoms with van der Waals surface area (Å²) in [4.78, 5) is 23.0. The van der Waals surface area contributed by atoms with Gasteiger partial charge >= 0.3 is 5.97 Å². The summed E-state index contributed by atoms with van der Waals surface area (Å²) < 4.78 is 0. The van der Waals surface area contributed by atoms with E-state index >= 15 is 0 Å². The molecule has 0 amide bonds. The molecule has 19 heavy (non-hydrogen) atoms. The quantitative estimate of drug-likeness (QED) is 0.795. The molecule has 0 aliphatic carbocycles. The molecular formula is C15H20O3S. The van der Waals surface area contributed by atoms with Crippen LogP contribution in [0.5, 0.6) is 0 Å². The van der Waals surface area contributed by atoms with Crippen molar-refractivity contribution in [3.05, 3.63) is 35.4 Å². The van der Waals surface area contributed by atoms with E-state index in [1.165, 1.54) is 0 Å². The number of carbonyl (C=O) groups excluding carboxylic acids is 1. The van der Waals surface area contributed by atoms with E-state index in [4.69, 9.17) is 5.11 Å². The van der Waals surface area contributed by atoms with Crippen LogP contribution in [0.25, 0.3) is 0 Å². The van der Waals surface area contributed by atoms with Crippen molar-refractivity contribution in [1.29, 1.82) is 0 Å². The van der Waals surface area contributed by atoms with Crippen LogP contribution in [0, 0.1) is 12.8 Å². The molecule has 104 valence electrons. The Morgan fingerprint density at radius 2 is 1.89 bits per heavy atom. The number of carboxylic acids is 1. The second-order valence-corrected chi connectivity index (χ2v) is 5.71. The summed E-state index contributed by atoms with van der Waals surface area (Å²) in [5.74, 6) is -0.650. The lowest BCUT2D eigenvalue weighted by molar-refractivity contribution is -0.143. The maximum Gasteiger partial charge on any atom is 0.306 e. The van der Waals surface area contributed by atoms with Crippen molar-refractivity contribution in [2.24, 2.45) is 5.92 Å². The lowest BCUT2D eigenvalue weighted by atomic mass is 9.96. The lowest BCUT2D eigenvalue weighted by Crippen LogP contribution is -2.19. The fourth-order valence-corrected chi connectivity index (χ4v) is 2.37. The standard InChI is InChI=1S/C15H20O3S/c1-11-3-5-12(6-4-11)9-14(16)10-13(15(17)18)7-8-19-2/h3-6,13H,7-10H2,1-2H3,(H,17,18). The Balaban J connectivity index is 2.52. The Morgan fingerprint density at radius 3 is 2.42 bits per heavy atom. The average molecular weight is 280 g/mol. The normalized spacial score (nSPS) is 12.1. The molecule has 1 N–H and O–H groups in total. The third-order valence-electron chi connectivity index (χ3n) is 3.02. The van der Waals surface area contributed by atoms with E-state index in [2.05, 4.69) is 0 Å². The molecule has 4 heteroatoms. The molecule has 0 spiro atoms. The highest BCUT2D eigenvalue weighted by Crippen LogP contribution is 2.15. The zero-order chi connectivity index (χ0) is 14.3. The highest BCUT2D eigenvalue weighted by Gasteiger charge is 2.20. The second-order valence-electron chi connectivity index (χ2n) is 4.72. The first-order chi connectivity index (χ1) is 9.02. The zero-order valence-corrected chi connectivity index (χ0v) is 12.2. The van der Waals surface area contributed by atoms with Crippen LogP contribution in [0.2, 0.25) is 0 Å². The molecule has 0 saturated carbocycles. The summed E-state index contributed by atoms with van der Waals surface area (Å²) in [7, 11) is 0. The minimum atomic E-state index is -0.869. The zero-order valence-electron chi connectivity index (χ0n) is 11.4. The van der Waals surface area contributed by atoms with Gasteiger partial charge in [0.25, 0.3) is 0 Å². The van der Waals surface area contributed by atoms with Crippen LogP contribution in [-0.2, 0) is 16.0 Å². The maximum absolute atomic E-state index is 11.9. The van der Waals surface area contributed by atoms with Crippen LogP contribution in [0.3, 0.4) is 0 Å². The van der Waals surface area contributed by atoms with Gasteiger partial charge in [0.15, 0.2) is 0 Å². The summed E-state index contributed by atoms with van der Waals surface area (Å²) in [5, 5.41) is 9.09. The fourth-order valence-electron chi connectivity index (χ4n) is 1.85. The highest BCUT2D eigenvalue weighted by molar-refractivity contribution is 7.98. The van der Waals surface area contributed by atoms with Gasteiger partial charge in [-0.3, -0.25) is 9.59 Å². The van der Waals surface area contributed by atoms with Crippen molar-refractivity contribution in [2.45, 2.75) is 26.2 Å². The summed E-state index contributed by atoms with van der Waals surface area (Å²) in [5.41, 5.74) is 2.10. The van der Waals surface area contributed by atoms with Gasteiger partial charge in [-0.1, -0.05) is 29.8 Å². The monoisotopic (exact) mass is 280 g/mol. The van der Waals surface area contributed by atoms with E-state index in [0.717, 1.165) is 16.9 Å². The third kappa shape index (κ3) is 5.92. The van der Waals surface area contributed by atoms with Crippen LogP contribution < -0.4 is 0 Å². The molecule has 0 aromatic heterocycles. The predicted molar refractivity (Wildman–Crippen MR) is 78.6 cm³/mol. The topological polar surface area (TPSA) is 54.4 Å². The minimum absolute atomic E-state index is 0.00245. The first-order valence-electron chi connectivity index (χ1n) is 6.32. The molecule has 0 aliphatic rings. The molecule has 0 radical (unpaired) electrons. The molecule has 1 aromatic rings. The van der Waals surface area contributed by atoms with Gasteiger partial charge in [0, 0.05) is 12.8 Å². The number of carbonyl (C=O) groups is 2. The van der Waals surface area contributed by atoms with Crippen molar-refractivity contribution in [1.82, 2.24) is 0 Å². The molecular weight excluding hydrogens is 260 g/mol. The average Bonchev–Trinajstić information content (AvgIpc) is 2.37. The molecule has 0 bridgehead atoms. The van der Waals surface area contributed by atoms with Gasteiger partial charge in [-0.15, -0.1) is 0 Å². The minimum Gasteiger partial charge on any atom is -0.481 e. The number of benzene rings is 1. The Kier molecular flexibility index (Phi) is 6.64. The highest BCUT2D eigenvalue weighted by atomic mass is 32.2. The van der Waals surface area contributed by atoms with E-state index in [9.17, 15) is 9.59 Å². The van der Waals surface area contributed by atoms with Crippen LogP contribution >= 0.6 is 11.8 Å². The second kappa shape index (κ2) is 8.00. The van der Waals surface area contributed by atoms with Gasteiger partial charge in [-0.05, 0) is 30.9 Å². The predicted octanol–water partition coefficient (Wildman–Crippen LogP) is 2.95. The Labute approximate surface area is 118 Å². The number of aliphatic carboxylic acids is 1. The van der Waals surface area contributed by atoms with Crippen molar-refractivity contribution >= 4 is 23.5 Å². The fraction of sp³-hybridized carbons (Fsp3) is 0.467. The van der Waals surface area contributed by atoms with Crippen LogP contribution in [0.4, 0.5) is 0 Å². The third-order valence-corrected chi connectivity index (χ3v) is 3.66. The number of hydrogen-bond donors (Lipinski definition) is 1. The first kappa shape index (κ1) is 15.8. The number of ketones is 1. The van der Waals surface area contributed by atoms with Crippen molar-refractivity contribution < 1.29 is 14.7 Å². The Morgan fingerprint density at radius 1 is 1.26 bits per heavy atom. The van der Waals surface area contributed by atoms with E-state index in [0.29, 0.717) is 12.8 Å². The van der Waals surface area contributed by atoms with Gasteiger partial charge < -0.3 is 5.11 Å². The number of aryl methyl sites for hydroxylation is 1. The smallest absolute Gasteiger partial charge is 0.306 e. The summed E-state index contributed by atoms with van der Waals surface area (Å²) in [6.07, 6.45) is 2.94. The number of carboxylic acid groups (broad SMARTS) is 1. The van der Waals surface area contributed by atoms with Crippen molar-refractivity contribution in [3.8, 4) is 0 Å². The van der Waals surface area contributed by atoms with E-state index in [-0.39, 0.29) is 12.2 Å². The summed E-state index contributed by atoms with van der Waals surface area (Å²) >= 11 is 1.61. The first-order valence-corrected chi connectivity index (χ1v) is 7.71. The van der Waals surface area contributed by atoms with Gasteiger partial charge in [0.05, 0.1) is 5.92 Å². The molecule has 1 rings (SSSR count). The van der Waals surface area contributed by atoms with Crippen molar-refractivity contribution in [3.63, 3.8) is 0 Å².